The van der Waals surface area contributed by atoms with Crippen LogP contribution in [0.15, 0.2) is 115 Å². The van der Waals surface area contributed by atoms with Gasteiger partial charge in [-0.1, -0.05) is 84.9 Å². The summed E-state index contributed by atoms with van der Waals surface area (Å²) in [7, 11) is 0. The molecule has 0 saturated carbocycles. The van der Waals surface area contributed by atoms with E-state index in [1.54, 1.807) is 0 Å². The molecule has 1 heterocycles. The highest BCUT2D eigenvalue weighted by molar-refractivity contribution is 6.14. The van der Waals surface area contributed by atoms with E-state index in [4.69, 9.17) is 0 Å². The molecule has 0 saturated heterocycles. The van der Waals surface area contributed by atoms with Crippen LogP contribution in [-0.2, 0) is 0 Å². The summed E-state index contributed by atoms with van der Waals surface area (Å²) in [4.78, 5) is 0. The minimum absolute atomic E-state index is 1.18. The van der Waals surface area contributed by atoms with Crippen LogP contribution in [0, 0.1) is 0 Å². The van der Waals surface area contributed by atoms with Gasteiger partial charge in [0.2, 0.25) is 0 Å². The Balaban J connectivity index is 1.79. The van der Waals surface area contributed by atoms with Crippen LogP contribution in [0.5, 0.6) is 0 Å². The Hall–Kier alpha value is -3.84. The highest BCUT2D eigenvalue weighted by Crippen LogP contribution is 2.38. The molecule has 0 aliphatic heterocycles. The number of rotatable bonds is 2. The highest BCUT2D eigenvalue weighted by Gasteiger charge is 2.15. The summed E-state index contributed by atoms with van der Waals surface area (Å²) in [6, 6.07) is 41.3. The van der Waals surface area contributed by atoms with Crippen molar-refractivity contribution in [1.82, 2.24) is 4.57 Å². The van der Waals surface area contributed by atoms with Gasteiger partial charge in [-0.15, -0.1) is 0 Å². The first-order valence-electron chi connectivity index (χ1n) is 9.97. The van der Waals surface area contributed by atoms with Crippen molar-refractivity contribution < 1.29 is 0 Å². The average Bonchev–Trinajstić information content (AvgIpc) is 3.18. The molecule has 0 aliphatic rings. The zero-order valence-corrected chi connectivity index (χ0v) is 15.9. The Morgan fingerprint density at radius 2 is 1.07 bits per heavy atom. The van der Waals surface area contributed by atoms with Gasteiger partial charge in [0.05, 0.1) is 11.2 Å². The van der Waals surface area contributed by atoms with E-state index in [0.717, 1.165) is 0 Å². The van der Waals surface area contributed by atoms with E-state index in [9.17, 15) is 0 Å². The van der Waals surface area contributed by atoms with Crippen molar-refractivity contribution in [2.45, 2.75) is 0 Å². The second-order valence-corrected chi connectivity index (χ2v) is 7.45. The molecule has 1 nitrogen and oxygen atoms in total. The van der Waals surface area contributed by atoms with Crippen molar-refractivity contribution in [2.24, 2.45) is 0 Å². The first-order valence-corrected chi connectivity index (χ1v) is 9.97. The molecule has 0 unspecified atom stereocenters. The second-order valence-electron chi connectivity index (χ2n) is 7.45. The van der Waals surface area contributed by atoms with Crippen molar-refractivity contribution in [3.05, 3.63) is 115 Å². The van der Waals surface area contributed by atoms with Crippen LogP contribution in [0.4, 0.5) is 0 Å². The number of nitrogens with zero attached hydrogens (tertiary/aromatic N) is 1. The fraction of sp³-hybridized carbons (Fsp3) is 0. The number of hydrogen-bond donors (Lipinski definition) is 0. The molecule has 1 heteroatoms. The molecule has 6 rings (SSSR count). The monoisotopic (exact) mass is 369 g/mol. The summed E-state index contributed by atoms with van der Waals surface area (Å²) >= 11 is 0. The fourth-order valence-corrected chi connectivity index (χ4v) is 4.47. The average molecular weight is 369 g/mol. The minimum Gasteiger partial charge on any atom is -0.309 e. The predicted molar refractivity (Wildman–Crippen MR) is 124 cm³/mol. The van der Waals surface area contributed by atoms with Crippen molar-refractivity contribution in [2.75, 3.05) is 0 Å². The molecule has 29 heavy (non-hydrogen) atoms. The quantitative estimate of drug-likeness (QED) is 0.277. The molecular formula is C28H19N. The molecule has 0 fully saturated rings. The minimum atomic E-state index is 1.18. The third kappa shape index (κ3) is 2.48. The lowest BCUT2D eigenvalue weighted by Crippen LogP contribution is -1.97. The van der Waals surface area contributed by atoms with Gasteiger partial charge in [0.25, 0.3) is 0 Å². The van der Waals surface area contributed by atoms with Gasteiger partial charge >= 0.3 is 0 Å². The van der Waals surface area contributed by atoms with Crippen LogP contribution < -0.4 is 0 Å². The number of aromatic nitrogens is 1. The molecule has 0 aliphatic carbocycles. The number of fused-ring (bicyclic) bond motifs is 4. The Bertz CT molecular complexity index is 1490. The van der Waals surface area contributed by atoms with Gasteiger partial charge in [-0.05, 0) is 51.9 Å². The zero-order valence-electron chi connectivity index (χ0n) is 15.9. The summed E-state index contributed by atoms with van der Waals surface area (Å²) in [5.41, 5.74) is 4.89. The first kappa shape index (κ1) is 16.1. The topological polar surface area (TPSA) is 4.93 Å². The van der Waals surface area contributed by atoms with E-state index in [2.05, 4.69) is 120 Å². The third-order valence-electron chi connectivity index (χ3n) is 5.77. The normalized spacial score (nSPS) is 11.4. The van der Waals surface area contributed by atoms with Crippen molar-refractivity contribution in [3.63, 3.8) is 0 Å². The summed E-state index contributed by atoms with van der Waals surface area (Å²) in [6.07, 6.45) is 0. The van der Waals surface area contributed by atoms with Crippen LogP contribution in [0.3, 0.4) is 0 Å². The molecule has 0 atom stereocenters. The van der Waals surface area contributed by atoms with Gasteiger partial charge in [0.15, 0.2) is 0 Å². The van der Waals surface area contributed by atoms with E-state index in [1.165, 1.54) is 49.4 Å². The molecule has 0 bridgehead atoms. The lowest BCUT2D eigenvalue weighted by Gasteiger charge is -2.15. The molecule has 6 aromatic rings. The molecule has 0 amide bonds. The maximum absolute atomic E-state index is 2.38. The summed E-state index contributed by atoms with van der Waals surface area (Å²) in [6.45, 7) is 0. The van der Waals surface area contributed by atoms with Crippen LogP contribution in [0.2, 0.25) is 0 Å². The molecule has 5 aromatic carbocycles. The Labute approximate surface area is 169 Å². The highest BCUT2D eigenvalue weighted by atomic mass is 15.0. The van der Waals surface area contributed by atoms with E-state index in [1.807, 2.05) is 0 Å². The second kappa shape index (κ2) is 6.35. The van der Waals surface area contributed by atoms with Gasteiger partial charge in [-0.3, -0.25) is 0 Å². The lowest BCUT2D eigenvalue weighted by molar-refractivity contribution is 1.14. The van der Waals surface area contributed by atoms with Crippen LogP contribution in [0.25, 0.3) is 49.4 Å². The molecular weight excluding hydrogens is 350 g/mol. The summed E-state index contributed by atoms with van der Waals surface area (Å²) in [5.74, 6) is 0. The van der Waals surface area contributed by atoms with Crippen molar-refractivity contribution >= 4 is 32.4 Å². The lowest BCUT2D eigenvalue weighted by atomic mass is 9.95. The number of benzene rings is 5. The van der Waals surface area contributed by atoms with Crippen LogP contribution in [-0.4, -0.2) is 4.57 Å². The van der Waals surface area contributed by atoms with Gasteiger partial charge < -0.3 is 4.57 Å². The maximum Gasteiger partial charge on any atom is 0.0547 e. The van der Waals surface area contributed by atoms with E-state index in [0.29, 0.717) is 0 Å². The van der Waals surface area contributed by atoms with Crippen LogP contribution >= 0.6 is 0 Å². The zero-order chi connectivity index (χ0) is 19.2. The number of para-hydroxylation sites is 2. The first-order chi connectivity index (χ1) is 14.4. The molecule has 1 aromatic heterocycles. The van der Waals surface area contributed by atoms with Gasteiger partial charge in [0, 0.05) is 16.6 Å². The molecule has 0 radical (unpaired) electrons. The Morgan fingerprint density at radius 1 is 0.448 bits per heavy atom. The largest absolute Gasteiger partial charge is 0.309 e. The summed E-state index contributed by atoms with van der Waals surface area (Å²) < 4.78 is 2.38. The molecule has 0 spiro atoms. The standard InChI is InChI=1S/C28H19N/c1-2-12-22(13-3-1)29-27-17-9-5-11-21(27)19-28(29)26-18-20-10-4-6-14-23(20)24-15-7-8-16-25(24)26/h1-19H. The SMILES string of the molecule is c1ccc(-n2c(-c3cc4ccccc4c4ccccc34)cc3ccccc32)cc1. The molecule has 0 N–H and O–H groups in total. The fourth-order valence-electron chi connectivity index (χ4n) is 4.47. The van der Waals surface area contributed by atoms with Gasteiger partial charge in [0.1, 0.15) is 0 Å². The predicted octanol–water partition coefficient (Wildman–Crippen LogP) is 7.60. The van der Waals surface area contributed by atoms with E-state index >= 15 is 0 Å². The summed E-state index contributed by atoms with van der Waals surface area (Å²) in [5, 5.41) is 6.40. The van der Waals surface area contributed by atoms with Gasteiger partial charge in [-0.2, -0.15) is 0 Å². The molecule has 136 valence electrons. The third-order valence-corrected chi connectivity index (χ3v) is 5.77. The smallest absolute Gasteiger partial charge is 0.0547 e. The Kier molecular flexibility index (Phi) is 3.54. The van der Waals surface area contributed by atoms with Gasteiger partial charge in [-0.25, -0.2) is 0 Å². The van der Waals surface area contributed by atoms with E-state index in [-0.39, 0.29) is 0 Å². The maximum atomic E-state index is 2.38. The number of hydrogen-bond acceptors (Lipinski definition) is 0. The van der Waals surface area contributed by atoms with Crippen LogP contribution in [0.1, 0.15) is 0 Å². The van der Waals surface area contributed by atoms with E-state index < -0.39 is 0 Å². The van der Waals surface area contributed by atoms with Crippen molar-refractivity contribution in [1.29, 1.82) is 0 Å². The Morgan fingerprint density at radius 3 is 1.90 bits per heavy atom. The van der Waals surface area contributed by atoms with Crippen molar-refractivity contribution in [3.8, 4) is 16.9 Å².